The Kier molecular flexibility index (Phi) is 2.17. The van der Waals surface area contributed by atoms with Gasteiger partial charge in [-0.15, -0.1) is 0 Å². The third-order valence-corrected chi connectivity index (χ3v) is 1.99. The lowest BCUT2D eigenvalue weighted by Crippen LogP contribution is -1.99. The van der Waals surface area contributed by atoms with Gasteiger partial charge >= 0.3 is 0 Å². The lowest BCUT2D eigenvalue weighted by molar-refractivity contribution is 0.134. The van der Waals surface area contributed by atoms with E-state index in [1.54, 1.807) is 13.2 Å². The van der Waals surface area contributed by atoms with Gasteiger partial charge in [-0.25, -0.2) is 4.98 Å². The zero-order valence-corrected chi connectivity index (χ0v) is 7.77. The summed E-state index contributed by atoms with van der Waals surface area (Å²) in [5.74, 6) is 0. The molecule has 0 aliphatic carbocycles. The highest BCUT2D eigenvalue weighted by Gasteiger charge is 2.02. The normalized spacial score (nSPS) is 10.3. The number of nitriles is 1. The summed E-state index contributed by atoms with van der Waals surface area (Å²) in [4.78, 5) is 4.19. The molecule has 0 N–H and O–H groups in total. The average Bonchev–Trinajstić information content (AvgIpc) is 2.61. The molecule has 0 saturated heterocycles. The molecule has 0 bridgehead atoms. The van der Waals surface area contributed by atoms with E-state index in [-0.39, 0.29) is 0 Å². The molecule has 0 aliphatic rings. The Morgan fingerprint density at radius 3 is 3.07 bits per heavy atom. The summed E-state index contributed by atoms with van der Waals surface area (Å²) in [6, 6.07) is 7.55. The topological polar surface area (TPSA) is 50.8 Å². The number of pyridine rings is 1. The van der Waals surface area contributed by atoms with Crippen molar-refractivity contribution in [2.24, 2.45) is 0 Å². The Balaban J connectivity index is 2.59. The van der Waals surface area contributed by atoms with Crippen molar-refractivity contribution in [2.75, 3.05) is 7.11 Å². The first-order valence-electron chi connectivity index (χ1n) is 4.20. The van der Waals surface area contributed by atoms with E-state index in [1.807, 2.05) is 29.0 Å². The monoisotopic (exact) mass is 187 g/mol. The summed E-state index contributed by atoms with van der Waals surface area (Å²) < 4.78 is 6.87. The van der Waals surface area contributed by atoms with Crippen molar-refractivity contribution in [1.29, 1.82) is 5.26 Å². The molecule has 4 heteroatoms. The van der Waals surface area contributed by atoms with Crippen LogP contribution in [-0.2, 0) is 11.5 Å². The highest BCUT2D eigenvalue weighted by molar-refractivity contribution is 5.76. The van der Waals surface area contributed by atoms with E-state index in [9.17, 15) is 0 Å². The van der Waals surface area contributed by atoms with Gasteiger partial charge in [-0.3, -0.25) is 0 Å². The van der Waals surface area contributed by atoms with Crippen LogP contribution in [0.15, 0.2) is 24.4 Å². The molecule has 2 heterocycles. The summed E-state index contributed by atoms with van der Waals surface area (Å²) in [5, 5.41) is 9.72. The molecule has 14 heavy (non-hydrogen) atoms. The van der Waals surface area contributed by atoms with Crippen LogP contribution in [-0.4, -0.2) is 16.7 Å². The van der Waals surface area contributed by atoms with Gasteiger partial charge in [0.15, 0.2) is 0 Å². The minimum absolute atomic E-state index is 0.425. The number of aromatic nitrogens is 2. The van der Waals surface area contributed by atoms with Gasteiger partial charge in [0.05, 0.1) is 0 Å². The molecule has 0 aromatic carbocycles. The molecule has 0 amide bonds. The molecule has 2 rings (SSSR count). The number of rotatable bonds is 2. The molecule has 0 saturated carbocycles. The minimum Gasteiger partial charge on any atom is -0.364 e. The molecular formula is C10H9N3O. The number of methoxy groups -OCH3 is 1. The first-order valence-corrected chi connectivity index (χ1v) is 4.20. The summed E-state index contributed by atoms with van der Waals surface area (Å²) in [5.41, 5.74) is 1.21. The van der Waals surface area contributed by atoms with Crippen LogP contribution >= 0.6 is 0 Å². The van der Waals surface area contributed by atoms with Crippen molar-refractivity contribution in [3.05, 3.63) is 30.1 Å². The van der Waals surface area contributed by atoms with E-state index in [0.717, 1.165) is 11.0 Å². The maximum atomic E-state index is 8.70. The Morgan fingerprint density at radius 1 is 1.50 bits per heavy atom. The van der Waals surface area contributed by atoms with Gasteiger partial charge in [-0.05, 0) is 18.2 Å². The van der Waals surface area contributed by atoms with Crippen LogP contribution in [0.3, 0.4) is 0 Å². The summed E-state index contributed by atoms with van der Waals surface area (Å²) in [6.45, 7) is 0.450. The number of hydrogen-bond donors (Lipinski definition) is 0. The van der Waals surface area contributed by atoms with Gasteiger partial charge in [-0.2, -0.15) is 5.26 Å². The smallest absolute Gasteiger partial charge is 0.143 e. The first kappa shape index (κ1) is 8.73. The Bertz CT molecular complexity index is 496. The van der Waals surface area contributed by atoms with Gasteiger partial charge in [0.1, 0.15) is 24.1 Å². The van der Waals surface area contributed by atoms with Crippen LogP contribution in [0.1, 0.15) is 5.69 Å². The van der Waals surface area contributed by atoms with Gasteiger partial charge in [0, 0.05) is 18.7 Å². The van der Waals surface area contributed by atoms with Gasteiger partial charge in [-0.1, -0.05) is 0 Å². The third kappa shape index (κ3) is 1.34. The standard InChI is InChI=1S/C10H9N3O/c1-14-7-13-5-4-8-2-3-9(6-11)12-10(8)13/h2-5H,7H2,1H3. The van der Waals surface area contributed by atoms with Crippen LogP contribution in [0.4, 0.5) is 0 Å². The van der Waals surface area contributed by atoms with E-state index in [2.05, 4.69) is 4.98 Å². The molecule has 0 unspecified atom stereocenters. The van der Waals surface area contributed by atoms with E-state index in [1.165, 1.54) is 0 Å². The molecule has 2 aromatic heterocycles. The van der Waals surface area contributed by atoms with Crippen molar-refractivity contribution in [3.63, 3.8) is 0 Å². The second-order valence-electron chi connectivity index (χ2n) is 2.92. The molecule has 0 radical (unpaired) electrons. The zero-order valence-electron chi connectivity index (χ0n) is 7.77. The molecule has 70 valence electrons. The lowest BCUT2D eigenvalue weighted by atomic mass is 10.3. The van der Waals surface area contributed by atoms with Crippen LogP contribution in [0, 0.1) is 11.3 Å². The maximum absolute atomic E-state index is 8.70. The van der Waals surface area contributed by atoms with Gasteiger partial charge in [0.2, 0.25) is 0 Å². The van der Waals surface area contributed by atoms with Gasteiger partial charge in [0.25, 0.3) is 0 Å². The van der Waals surface area contributed by atoms with Crippen molar-refractivity contribution < 1.29 is 4.74 Å². The fourth-order valence-electron chi connectivity index (χ4n) is 1.37. The maximum Gasteiger partial charge on any atom is 0.143 e. The van der Waals surface area contributed by atoms with Crippen LogP contribution in [0.25, 0.3) is 11.0 Å². The van der Waals surface area contributed by atoms with Crippen molar-refractivity contribution >= 4 is 11.0 Å². The molecule has 4 nitrogen and oxygen atoms in total. The Labute approximate surface area is 81.4 Å². The Hall–Kier alpha value is -1.86. The van der Waals surface area contributed by atoms with Crippen molar-refractivity contribution in [2.45, 2.75) is 6.73 Å². The third-order valence-electron chi connectivity index (χ3n) is 1.99. The van der Waals surface area contributed by atoms with E-state index in [0.29, 0.717) is 12.4 Å². The predicted octanol–water partition coefficient (Wildman–Crippen LogP) is 1.51. The summed E-state index contributed by atoms with van der Waals surface area (Å²) in [7, 11) is 1.62. The largest absolute Gasteiger partial charge is 0.364 e. The molecule has 0 fully saturated rings. The highest BCUT2D eigenvalue weighted by Crippen LogP contribution is 2.13. The molecule has 0 aliphatic heterocycles. The fraction of sp³-hybridized carbons (Fsp3) is 0.200. The van der Waals surface area contributed by atoms with Crippen LogP contribution < -0.4 is 0 Å². The van der Waals surface area contributed by atoms with Crippen LogP contribution in [0.5, 0.6) is 0 Å². The second-order valence-corrected chi connectivity index (χ2v) is 2.92. The first-order chi connectivity index (χ1) is 6.85. The molecule has 0 spiro atoms. The fourth-order valence-corrected chi connectivity index (χ4v) is 1.37. The van der Waals surface area contributed by atoms with E-state index < -0.39 is 0 Å². The number of fused-ring (bicyclic) bond motifs is 1. The number of hydrogen-bond acceptors (Lipinski definition) is 3. The van der Waals surface area contributed by atoms with Crippen molar-refractivity contribution in [3.8, 4) is 6.07 Å². The minimum atomic E-state index is 0.425. The van der Waals surface area contributed by atoms with Crippen molar-refractivity contribution in [1.82, 2.24) is 9.55 Å². The zero-order chi connectivity index (χ0) is 9.97. The Morgan fingerprint density at radius 2 is 2.36 bits per heavy atom. The average molecular weight is 187 g/mol. The quantitative estimate of drug-likeness (QED) is 0.716. The molecule has 0 atom stereocenters. The highest BCUT2D eigenvalue weighted by atomic mass is 16.5. The molecular weight excluding hydrogens is 178 g/mol. The van der Waals surface area contributed by atoms with Crippen LogP contribution in [0.2, 0.25) is 0 Å². The van der Waals surface area contributed by atoms with Gasteiger partial charge < -0.3 is 9.30 Å². The van der Waals surface area contributed by atoms with E-state index >= 15 is 0 Å². The lowest BCUT2D eigenvalue weighted by Gasteiger charge is -2.01. The SMILES string of the molecule is COCn1ccc2ccc(C#N)nc21. The number of ether oxygens (including phenoxy) is 1. The summed E-state index contributed by atoms with van der Waals surface area (Å²) in [6.07, 6.45) is 1.89. The van der Waals surface area contributed by atoms with E-state index in [4.69, 9.17) is 10.00 Å². The number of nitrogens with zero attached hydrogens (tertiary/aromatic N) is 3. The predicted molar refractivity (Wildman–Crippen MR) is 51.5 cm³/mol. The second kappa shape index (κ2) is 3.48. The summed E-state index contributed by atoms with van der Waals surface area (Å²) >= 11 is 0. The molecule has 2 aromatic rings.